The Bertz CT molecular complexity index is 569. The van der Waals surface area contributed by atoms with E-state index in [0.29, 0.717) is 0 Å². The molecule has 3 heteroatoms. The largest absolute Gasteiger partial charge is 0.493 e. The summed E-state index contributed by atoms with van der Waals surface area (Å²) >= 11 is 0. The SMILES string of the molecule is COc1cccc([C@H](C)N[C@@H](C)c2ccccc2)c1OC. The Kier molecular flexibility index (Phi) is 5.23. The molecule has 0 heterocycles. The predicted molar refractivity (Wildman–Crippen MR) is 86.0 cm³/mol. The van der Waals surface area contributed by atoms with Crippen LogP contribution in [0.4, 0.5) is 0 Å². The first-order valence-electron chi connectivity index (χ1n) is 7.19. The van der Waals surface area contributed by atoms with Gasteiger partial charge in [0.15, 0.2) is 11.5 Å². The minimum Gasteiger partial charge on any atom is -0.493 e. The van der Waals surface area contributed by atoms with E-state index in [4.69, 9.17) is 9.47 Å². The average molecular weight is 285 g/mol. The van der Waals surface area contributed by atoms with Crippen molar-refractivity contribution in [3.63, 3.8) is 0 Å². The van der Waals surface area contributed by atoms with Crippen LogP contribution >= 0.6 is 0 Å². The van der Waals surface area contributed by atoms with E-state index in [1.165, 1.54) is 5.56 Å². The summed E-state index contributed by atoms with van der Waals surface area (Å²) in [4.78, 5) is 0. The molecule has 0 radical (unpaired) electrons. The maximum absolute atomic E-state index is 5.51. The second-order valence-electron chi connectivity index (χ2n) is 5.10. The molecule has 2 aromatic rings. The zero-order valence-electron chi connectivity index (χ0n) is 13.1. The number of para-hydroxylation sites is 1. The van der Waals surface area contributed by atoms with Crippen molar-refractivity contribution in [1.29, 1.82) is 0 Å². The van der Waals surface area contributed by atoms with Crippen LogP contribution in [0.2, 0.25) is 0 Å². The highest BCUT2D eigenvalue weighted by atomic mass is 16.5. The van der Waals surface area contributed by atoms with E-state index in [0.717, 1.165) is 17.1 Å². The van der Waals surface area contributed by atoms with Crippen molar-refractivity contribution in [2.45, 2.75) is 25.9 Å². The lowest BCUT2D eigenvalue weighted by Gasteiger charge is -2.23. The second kappa shape index (κ2) is 7.14. The zero-order valence-corrected chi connectivity index (χ0v) is 13.1. The molecule has 0 fully saturated rings. The highest BCUT2D eigenvalue weighted by Crippen LogP contribution is 2.35. The Morgan fingerprint density at radius 3 is 2.14 bits per heavy atom. The molecule has 1 N–H and O–H groups in total. The standard InChI is InChI=1S/C18H23NO2/c1-13(15-9-6-5-7-10-15)19-14(2)16-11-8-12-17(20-3)18(16)21-4/h5-14,19H,1-4H3/t13-,14-/m0/s1. The molecular formula is C18H23NO2. The highest BCUT2D eigenvalue weighted by Gasteiger charge is 2.17. The zero-order chi connectivity index (χ0) is 15.2. The van der Waals surface area contributed by atoms with E-state index in [2.05, 4.69) is 49.5 Å². The molecule has 112 valence electrons. The maximum Gasteiger partial charge on any atom is 0.165 e. The van der Waals surface area contributed by atoms with Crippen LogP contribution in [0.25, 0.3) is 0 Å². The summed E-state index contributed by atoms with van der Waals surface area (Å²) in [6.07, 6.45) is 0. The Morgan fingerprint density at radius 2 is 1.52 bits per heavy atom. The van der Waals surface area contributed by atoms with Crippen molar-refractivity contribution in [1.82, 2.24) is 5.32 Å². The molecule has 2 atom stereocenters. The molecule has 21 heavy (non-hydrogen) atoms. The van der Waals surface area contributed by atoms with Crippen LogP contribution in [0.5, 0.6) is 11.5 Å². The lowest BCUT2D eigenvalue weighted by atomic mass is 10.0. The Balaban J connectivity index is 2.19. The fourth-order valence-corrected chi connectivity index (χ4v) is 2.56. The van der Waals surface area contributed by atoms with E-state index in [1.54, 1.807) is 14.2 Å². The number of nitrogens with one attached hydrogen (secondary N) is 1. The molecule has 0 aliphatic heterocycles. The summed E-state index contributed by atoms with van der Waals surface area (Å²) in [6, 6.07) is 16.8. The lowest BCUT2D eigenvalue weighted by molar-refractivity contribution is 0.346. The molecule has 2 aromatic carbocycles. The fourth-order valence-electron chi connectivity index (χ4n) is 2.56. The van der Waals surface area contributed by atoms with E-state index in [1.807, 2.05) is 18.2 Å². The van der Waals surface area contributed by atoms with Crippen LogP contribution in [-0.2, 0) is 0 Å². The maximum atomic E-state index is 5.51. The summed E-state index contributed by atoms with van der Waals surface area (Å²) in [5.41, 5.74) is 2.37. The third kappa shape index (κ3) is 3.56. The van der Waals surface area contributed by atoms with Crippen LogP contribution in [0, 0.1) is 0 Å². The Labute approximate surface area is 126 Å². The first kappa shape index (κ1) is 15.4. The minimum absolute atomic E-state index is 0.158. The van der Waals surface area contributed by atoms with E-state index in [9.17, 15) is 0 Å². The molecule has 0 spiro atoms. The van der Waals surface area contributed by atoms with Gasteiger partial charge in [0.05, 0.1) is 14.2 Å². The van der Waals surface area contributed by atoms with Gasteiger partial charge in [0.25, 0.3) is 0 Å². The summed E-state index contributed by atoms with van der Waals surface area (Å²) in [5.74, 6) is 1.55. The minimum atomic E-state index is 0.158. The van der Waals surface area contributed by atoms with Gasteiger partial charge in [-0.05, 0) is 25.5 Å². The molecule has 0 aliphatic carbocycles. The van der Waals surface area contributed by atoms with Gasteiger partial charge in [-0.2, -0.15) is 0 Å². The molecular weight excluding hydrogens is 262 g/mol. The lowest BCUT2D eigenvalue weighted by Crippen LogP contribution is -2.23. The van der Waals surface area contributed by atoms with Gasteiger partial charge in [0.1, 0.15) is 0 Å². The molecule has 0 bridgehead atoms. The Morgan fingerprint density at radius 1 is 0.810 bits per heavy atom. The number of ether oxygens (including phenoxy) is 2. The van der Waals surface area contributed by atoms with Gasteiger partial charge in [0.2, 0.25) is 0 Å². The number of rotatable bonds is 6. The number of hydrogen-bond acceptors (Lipinski definition) is 3. The van der Waals surface area contributed by atoms with Gasteiger partial charge in [-0.3, -0.25) is 0 Å². The van der Waals surface area contributed by atoms with Gasteiger partial charge in [-0.15, -0.1) is 0 Å². The van der Waals surface area contributed by atoms with Crippen molar-refractivity contribution in [2.24, 2.45) is 0 Å². The monoisotopic (exact) mass is 285 g/mol. The summed E-state index contributed by atoms with van der Waals surface area (Å²) < 4.78 is 10.9. The van der Waals surface area contributed by atoms with Gasteiger partial charge in [0, 0.05) is 17.6 Å². The molecule has 2 rings (SSSR count). The molecule has 0 saturated carbocycles. The van der Waals surface area contributed by atoms with Crippen LogP contribution in [0.1, 0.15) is 37.1 Å². The van der Waals surface area contributed by atoms with Gasteiger partial charge in [-0.1, -0.05) is 42.5 Å². The molecule has 0 aromatic heterocycles. The van der Waals surface area contributed by atoms with Crippen LogP contribution < -0.4 is 14.8 Å². The smallest absolute Gasteiger partial charge is 0.165 e. The van der Waals surface area contributed by atoms with Crippen LogP contribution in [-0.4, -0.2) is 14.2 Å². The Hall–Kier alpha value is -2.00. The number of methoxy groups -OCH3 is 2. The number of benzene rings is 2. The van der Waals surface area contributed by atoms with Crippen molar-refractivity contribution in [2.75, 3.05) is 14.2 Å². The third-order valence-electron chi connectivity index (χ3n) is 3.70. The highest BCUT2D eigenvalue weighted by molar-refractivity contribution is 5.48. The molecule has 0 saturated heterocycles. The van der Waals surface area contributed by atoms with Crippen molar-refractivity contribution in [3.8, 4) is 11.5 Å². The first-order valence-corrected chi connectivity index (χ1v) is 7.19. The van der Waals surface area contributed by atoms with Gasteiger partial charge >= 0.3 is 0 Å². The van der Waals surface area contributed by atoms with Gasteiger partial charge in [-0.25, -0.2) is 0 Å². The molecule has 0 unspecified atom stereocenters. The van der Waals surface area contributed by atoms with E-state index >= 15 is 0 Å². The van der Waals surface area contributed by atoms with Crippen molar-refractivity contribution >= 4 is 0 Å². The van der Waals surface area contributed by atoms with Crippen LogP contribution in [0.15, 0.2) is 48.5 Å². The number of hydrogen-bond donors (Lipinski definition) is 1. The fraction of sp³-hybridized carbons (Fsp3) is 0.333. The van der Waals surface area contributed by atoms with Gasteiger partial charge < -0.3 is 14.8 Å². The third-order valence-corrected chi connectivity index (χ3v) is 3.70. The first-order chi connectivity index (χ1) is 10.2. The van der Waals surface area contributed by atoms with Crippen LogP contribution in [0.3, 0.4) is 0 Å². The second-order valence-corrected chi connectivity index (χ2v) is 5.10. The predicted octanol–water partition coefficient (Wildman–Crippen LogP) is 4.12. The summed E-state index contributed by atoms with van der Waals surface area (Å²) in [5, 5.41) is 3.60. The average Bonchev–Trinajstić information content (AvgIpc) is 2.54. The quantitative estimate of drug-likeness (QED) is 0.866. The summed E-state index contributed by atoms with van der Waals surface area (Å²) in [6.45, 7) is 4.30. The van der Waals surface area contributed by atoms with E-state index in [-0.39, 0.29) is 12.1 Å². The normalized spacial score (nSPS) is 13.5. The molecule has 0 amide bonds. The molecule has 0 aliphatic rings. The van der Waals surface area contributed by atoms with E-state index < -0.39 is 0 Å². The summed E-state index contributed by atoms with van der Waals surface area (Å²) in [7, 11) is 3.33. The van der Waals surface area contributed by atoms with Crippen molar-refractivity contribution in [3.05, 3.63) is 59.7 Å². The topological polar surface area (TPSA) is 30.5 Å². The molecule has 3 nitrogen and oxygen atoms in total. The van der Waals surface area contributed by atoms with Crippen molar-refractivity contribution < 1.29 is 9.47 Å².